The highest BCUT2D eigenvalue weighted by Crippen LogP contribution is 2.54. The molecule has 0 bridgehead atoms. The molecule has 6 rings (SSSR count). The van der Waals surface area contributed by atoms with Crippen LogP contribution >= 0.6 is 0 Å². The standard InChI is InChI=1S/C25H20F3N5O/c1-13-10-15(18-8-9-21(32-31-18)25(26,27)28)4-6-17(13)23-22(14-2-3-14)24(34)33(23)16-5-7-19-20(11-16)30-12-29-19/h4-12,14,22-23H,2-3H2,1H3,(H,29,30)/t22?,23-/m1/s1. The smallest absolute Gasteiger partial charge is 0.345 e. The molecule has 2 aliphatic rings. The Hall–Kier alpha value is -3.75. The number of benzene rings is 2. The van der Waals surface area contributed by atoms with E-state index < -0.39 is 11.9 Å². The van der Waals surface area contributed by atoms with Gasteiger partial charge in [-0.1, -0.05) is 12.1 Å². The number of hydrogen-bond acceptors (Lipinski definition) is 4. The van der Waals surface area contributed by atoms with Gasteiger partial charge in [-0.25, -0.2) is 4.98 Å². The summed E-state index contributed by atoms with van der Waals surface area (Å²) in [5.74, 6) is 0.459. The van der Waals surface area contributed by atoms with E-state index in [0.717, 1.165) is 46.8 Å². The second-order valence-corrected chi connectivity index (χ2v) is 8.99. The number of imidazole rings is 1. The molecule has 1 unspecified atom stereocenters. The fourth-order valence-corrected chi connectivity index (χ4v) is 4.92. The molecule has 1 saturated carbocycles. The van der Waals surface area contributed by atoms with E-state index in [1.165, 1.54) is 6.07 Å². The molecular formula is C25H20F3N5O. The fraction of sp³-hybridized carbons (Fsp3) is 0.280. The molecule has 1 aliphatic heterocycles. The third-order valence-electron chi connectivity index (χ3n) is 6.79. The molecule has 4 aromatic rings. The van der Waals surface area contributed by atoms with E-state index in [0.29, 0.717) is 17.2 Å². The minimum absolute atomic E-state index is 0.0622. The molecule has 172 valence electrons. The van der Waals surface area contributed by atoms with Crippen molar-refractivity contribution < 1.29 is 18.0 Å². The summed E-state index contributed by atoms with van der Waals surface area (Å²) in [6.07, 6.45) is -0.788. The van der Waals surface area contributed by atoms with Gasteiger partial charge in [0.1, 0.15) is 0 Å². The van der Waals surface area contributed by atoms with Gasteiger partial charge in [-0.2, -0.15) is 13.2 Å². The number of amides is 1. The minimum Gasteiger partial charge on any atom is -0.345 e. The van der Waals surface area contributed by atoms with Crippen LogP contribution in [0.15, 0.2) is 54.9 Å². The number of rotatable bonds is 4. The summed E-state index contributed by atoms with van der Waals surface area (Å²) < 4.78 is 38.4. The number of halogens is 3. The summed E-state index contributed by atoms with van der Waals surface area (Å²) in [7, 11) is 0. The normalized spacial score (nSPS) is 20.6. The van der Waals surface area contributed by atoms with Gasteiger partial charge in [0, 0.05) is 11.3 Å². The van der Waals surface area contributed by atoms with E-state index in [2.05, 4.69) is 20.2 Å². The molecule has 9 heteroatoms. The van der Waals surface area contributed by atoms with Crippen molar-refractivity contribution >= 4 is 22.6 Å². The molecule has 2 aromatic heterocycles. The Morgan fingerprint density at radius 2 is 1.85 bits per heavy atom. The Kier molecular flexibility index (Phi) is 4.52. The first-order chi connectivity index (χ1) is 16.3. The van der Waals surface area contributed by atoms with Gasteiger partial charge in [0.15, 0.2) is 5.69 Å². The number of fused-ring (bicyclic) bond motifs is 1. The molecule has 1 saturated heterocycles. The Morgan fingerprint density at radius 1 is 1.03 bits per heavy atom. The number of β-lactam (4-membered cyclic amide) rings is 1. The van der Waals surface area contributed by atoms with Gasteiger partial charge in [-0.15, -0.1) is 10.2 Å². The van der Waals surface area contributed by atoms with Crippen LogP contribution < -0.4 is 4.90 Å². The third kappa shape index (κ3) is 3.34. The zero-order valence-electron chi connectivity index (χ0n) is 18.2. The van der Waals surface area contributed by atoms with Crippen molar-refractivity contribution in [2.24, 2.45) is 11.8 Å². The highest BCUT2D eigenvalue weighted by Gasteiger charge is 2.55. The van der Waals surface area contributed by atoms with Gasteiger partial charge in [-0.3, -0.25) is 4.79 Å². The summed E-state index contributed by atoms with van der Waals surface area (Å²) in [6.45, 7) is 1.96. The van der Waals surface area contributed by atoms with E-state index >= 15 is 0 Å². The number of H-pyrrole nitrogens is 1. The molecule has 3 heterocycles. The summed E-state index contributed by atoms with van der Waals surface area (Å²) >= 11 is 0. The van der Waals surface area contributed by atoms with Crippen LogP contribution in [0.5, 0.6) is 0 Å². The van der Waals surface area contributed by atoms with Crippen LogP contribution in [0, 0.1) is 18.8 Å². The average molecular weight is 463 g/mol. The van der Waals surface area contributed by atoms with Gasteiger partial charge >= 0.3 is 6.18 Å². The number of carbonyl (C=O) groups excluding carboxylic acids is 1. The van der Waals surface area contributed by atoms with Gasteiger partial charge in [0.05, 0.1) is 35.0 Å². The number of aromatic amines is 1. The maximum Gasteiger partial charge on any atom is 0.435 e. The number of anilines is 1. The lowest BCUT2D eigenvalue weighted by Crippen LogP contribution is -2.56. The Morgan fingerprint density at radius 3 is 2.53 bits per heavy atom. The molecule has 0 radical (unpaired) electrons. The van der Waals surface area contributed by atoms with Crippen molar-refractivity contribution in [1.82, 2.24) is 20.2 Å². The van der Waals surface area contributed by atoms with Crippen LogP contribution in [0.3, 0.4) is 0 Å². The monoisotopic (exact) mass is 463 g/mol. The topological polar surface area (TPSA) is 74.8 Å². The molecular weight excluding hydrogens is 443 g/mol. The van der Waals surface area contributed by atoms with Crippen molar-refractivity contribution in [2.45, 2.75) is 32.0 Å². The molecule has 6 nitrogen and oxygen atoms in total. The maximum absolute atomic E-state index is 13.2. The van der Waals surface area contributed by atoms with Gasteiger partial charge in [0.2, 0.25) is 5.91 Å². The molecule has 0 spiro atoms. The Balaban J connectivity index is 1.35. The highest BCUT2D eigenvalue weighted by molar-refractivity contribution is 6.04. The van der Waals surface area contributed by atoms with Crippen LogP contribution in [0.1, 0.15) is 35.7 Å². The molecule has 1 N–H and O–H groups in total. The van der Waals surface area contributed by atoms with Gasteiger partial charge < -0.3 is 9.88 Å². The van der Waals surface area contributed by atoms with E-state index in [1.807, 2.05) is 48.2 Å². The molecule has 2 atom stereocenters. The average Bonchev–Trinajstić information content (AvgIpc) is 3.52. The van der Waals surface area contributed by atoms with Gasteiger partial charge in [-0.05, 0) is 73.2 Å². The van der Waals surface area contributed by atoms with Crippen LogP contribution in [-0.4, -0.2) is 26.1 Å². The lowest BCUT2D eigenvalue weighted by atomic mass is 9.77. The fourth-order valence-electron chi connectivity index (χ4n) is 4.92. The van der Waals surface area contributed by atoms with Crippen molar-refractivity contribution in [3.8, 4) is 11.3 Å². The van der Waals surface area contributed by atoms with Crippen molar-refractivity contribution in [2.75, 3.05) is 4.90 Å². The highest BCUT2D eigenvalue weighted by atomic mass is 19.4. The Labute approximate surface area is 192 Å². The second kappa shape index (κ2) is 7.38. The number of carbonyl (C=O) groups is 1. The largest absolute Gasteiger partial charge is 0.435 e. The number of nitrogens with zero attached hydrogens (tertiary/aromatic N) is 4. The lowest BCUT2D eigenvalue weighted by molar-refractivity contribution is -0.141. The number of nitrogens with one attached hydrogen (secondary N) is 1. The van der Waals surface area contributed by atoms with E-state index in [9.17, 15) is 18.0 Å². The summed E-state index contributed by atoms with van der Waals surface area (Å²) in [4.78, 5) is 22.4. The molecule has 1 amide bonds. The van der Waals surface area contributed by atoms with Crippen LogP contribution in [-0.2, 0) is 11.0 Å². The molecule has 2 aromatic carbocycles. The second-order valence-electron chi connectivity index (χ2n) is 8.99. The number of aryl methyl sites for hydroxylation is 1. The molecule has 2 fully saturated rings. The third-order valence-corrected chi connectivity index (χ3v) is 6.79. The summed E-state index contributed by atoms with van der Waals surface area (Å²) in [5, 5.41) is 7.10. The minimum atomic E-state index is -4.53. The van der Waals surface area contributed by atoms with Crippen LogP contribution in [0.25, 0.3) is 22.3 Å². The summed E-state index contributed by atoms with van der Waals surface area (Å²) in [6, 6.07) is 13.6. The predicted octanol–water partition coefficient (Wildman–Crippen LogP) is 5.46. The maximum atomic E-state index is 13.2. The first-order valence-electron chi connectivity index (χ1n) is 11.1. The van der Waals surface area contributed by atoms with Crippen molar-refractivity contribution in [1.29, 1.82) is 0 Å². The zero-order chi connectivity index (χ0) is 23.6. The molecule has 34 heavy (non-hydrogen) atoms. The number of alkyl halides is 3. The first kappa shape index (κ1) is 20.8. The lowest BCUT2D eigenvalue weighted by Gasteiger charge is -2.48. The van der Waals surface area contributed by atoms with Crippen molar-refractivity contribution in [3.05, 3.63) is 71.7 Å². The zero-order valence-corrected chi connectivity index (χ0v) is 18.2. The van der Waals surface area contributed by atoms with E-state index in [-0.39, 0.29) is 17.9 Å². The predicted molar refractivity (Wildman–Crippen MR) is 120 cm³/mol. The molecule has 1 aliphatic carbocycles. The quantitative estimate of drug-likeness (QED) is 0.408. The summed E-state index contributed by atoms with van der Waals surface area (Å²) in [5.41, 5.74) is 4.54. The van der Waals surface area contributed by atoms with Gasteiger partial charge in [0.25, 0.3) is 0 Å². The first-order valence-corrected chi connectivity index (χ1v) is 11.1. The van der Waals surface area contributed by atoms with Crippen molar-refractivity contribution in [3.63, 3.8) is 0 Å². The number of hydrogen-bond donors (Lipinski definition) is 1. The van der Waals surface area contributed by atoms with Crippen LogP contribution in [0.2, 0.25) is 0 Å². The SMILES string of the molecule is Cc1cc(-c2ccc(C(F)(F)F)nn2)ccc1[C@@H]1C(C2CC2)C(=O)N1c1ccc2nc[nH]c2c1. The van der Waals surface area contributed by atoms with E-state index in [4.69, 9.17) is 0 Å². The van der Waals surface area contributed by atoms with Crippen LogP contribution in [0.4, 0.5) is 18.9 Å². The number of aromatic nitrogens is 4. The van der Waals surface area contributed by atoms with E-state index in [1.54, 1.807) is 6.33 Å². The Bertz CT molecular complexity index is 1410.